The molecule has 1 amide bonds. The summed E-state index contributed by atoms with van der Waals surface area (Å²) in [4.78, 5) is 13.3. The van der Waals surface area contributed by atoms with Crippen LogP contribution >= 0.6 is 0 Å². The monoisotopic (exact) mass is 1120 g/mol. The topological polar surface area (TPSA) is 228 Å². The highest BCUT2D eigenvalue weighted by molar-refractivity contribution is 5.76. The number of carbonyl (C=O) groups is 1. The lowest BCUT2D eigenvalue weighted by molar-refractivity contribution is -0.359. The molecule has 2 fully saturated rings. The van der Waals surface area contributed by atoms with Crippen LogP contribution < -0.4 is 5.32 Å². The quantitative estimate of drug-likeness (QED) is 0.0204. The lowest BCUT2D eigenvalue weighted by atomic mass is 9.97. The average molecular weight is 1120 g/mol. The van der Waals surface area contributed by atoms with Gasteiger partial charge in [0.15, 0.2) is 12.6 Å². The van der Waals surface area contributed by atoms with Gasteiger partial charge in [-0.1, -0.05) is 256 Å². The van der Waals surface area contributed by atoms with Gasteiger partial charge in [0.1, 0.15) is 48.8 Å². The average Bonchev–Trinajstić information content (AvgIpc) is 3.47. The smallest absolute Gasteiger partial charge is 0.220 e. The normalized spacial score (nSPS) is 24.6. The van der Waals surface area contributed by atoms with Crippen molar-refractivity contribution in [3.05, 3.63) is 36.5 Å². The Labute approximate surface area is 481 Å². The van der Waals surface area contributed by atoms with Crippen LogP contribution in [0.4, 0.5) is 0 Å². The van der Waals surface area contributed by atoms with Gasteiger partial charge in [0.05, 0.1) is 32.0 Å². The number of ether oxygens (including phenoxy) is 4. The maximum Gasteiger partial charge on any atom is 0.220 e. The first kappa shape index (κ1) is 73.3. The number of nitrogens with one attached hydrogen (secondary N) is 1. The number of unbranched alkanes of at least 4 members (excludes halogenated alkanes) is 34. The summed E-state index contributed by atoms with van der Waals surface area (Å²) in [5.41, 5.74) is 0. The number of aliphatic hydroxyl groups excluding tert-OH is 8. The van der Waals surface area contributed by atoms with Crippen LogP contribution in [0.2, 0.25) is 0 Å². The van der Waals surface area contributed by atoms with E-state index in [1.54, 1.807) is 0 Å². The summed E-state index contributed by atoms with van der Waals surface area (Å²) in [6.07, 6.45) is 45.7. The Morgan fingerprint density at radius 2 is 0.835 bits per heavy atom. The van der Waals surface area contributed by atoms with E-state index in [0.29, 0.717) is 19.3 Å². The Hall–Kier alpha value is -1.79. The molecule has 0 radical (unpaired) electrons. The molecular weight excluding hydrogens is 1000 g/mol. The lowest BCUT2D eigenvalue weighted by Crippen LogP contribution is -2.65. The number of hydrogen-bond donors (Lipinski definition) is 9. The summed E-state index contributed by atoms with van der Waals surface area (Å²) >= 11 is 0. The number of amides is 1. The van der Waals surface area contributed by atoms with Gasteiger partial charge in [-0.15, -0.1) is 0 Å². The zero-order valence-corrected chi connectivity index (χ0v) is 50.1. The maximum atomic E-state index is 13.3. The van der Waals surface area contributed by atoms with Crippen molar-refractivity contribution in [3.63, 3.8) is 0 Å². The molecule has 0 aromatic carbocycles. The second-order valence-corrected chi connectivity index (χ2v) is 23.2. The number of rotatable bonds is 53. The van der Waals surface area contributed by atoms with Crippen molar-refractivity contribution < 1.29 is 64.6 Å². The molecule has 0 aromatic rings. The fourth-order valence-corrected chi connectivity index (χ4v) is 10.8. The van der Waals surface area contributed by atoms with Crippen molar-refractivity contribution in [1.29, 1.82) is 0 Å². The Bertz CT molecular complexity index is 1460. The summed E-state index contributed by atoms with van der Waals surface area (Å²) in [5, 5.41) is 87.5. The molecule has 464 valence electrons. The van der Waals surface area contributed by atoms with Crippen LogP contribution in [0.1, 0.15) is 277 Å². The number of carbonyl (C=O) groups excluding carboxylic acids is 1. The summed E-state index contributed by atoms with van der Waals surface area (Å²) in [7, 11) is 0. The fourth-order valence-electron chi connectivity index (χ4n) is 10.8. The highest BCUT2D eigenvalue weighted by Crippen LogP contribution is 2.30. The molecule has 12 atom stereocenters. The standard InChI is InChI=1S/C65H121NO13/c1-3-5-7-9-11-13-15-17-19-21-23-25-26-27-29-30-32-34-36-38-40-42-44-46-48-54(69)53(52-76-64-62(75)60(73)63(56(51-68)78-64)79-65-61(74)59(72)58(71)55(50-67)77-65)66-57(70)49-47-45-43-41-39-37-35-33-31-28-24-22-20-18-16-14-12-10-8-6-4-2/h16,18,22,24,31,33,53-56,58-65,67-69,71-75H,3-15,17,19-21,23,25-30,32,34-52H2,1-2H3,(H,66,70)/b18-16-,24-22-,33-31-. The minimum absolute atomic E-state index is 0.216. The van der Waals surface area contributed by atoms with Crippen molar-refractivity contribution in [2.24, 2.45) is 0 Å². The zero-order valence-electron chi connectivity index (χ0n) is 50.1. The predicted octanol–water partition coefficient (Wildman–Crippen LogP) is 12.2. The van der Waals surface area contributed by atoms with Gasteiger partial charge in [-0.25, -0.2) is 0 Å². The Balaban J connectivity index is 1.72. The highest BCUT2D eigenvalue weighted by atomic mass is 16.7. The van der Waals surface area contributed by atoms with Crippen LogP contribution in [0.25, 0.3) is 0 Å². The highest BCUT2D eigenvalue weighted by Gasteiger charge is 2.51. The van der Waals surface area contributed by atoms with Crippen LogP contribution in [-0.2, 0) is 23.7 Å². The van der Waals surface area contributed by atoms with E-state index in [0.717, 1.165) is 77.0 Å². The van der Waals surface area contributed by atoms with Gasteiger partial charge >= 0.3 is 0 Å². The molecular formula is C65H121NO13. The van der Waals surface area contributed by atoms with E-state index in [4.69, 9.17) is 18.9 Å². The van der Waals surface area contributed by atoms with Gasteiger partial charge in [-0.2, -0.15) is 0 Å². The first-order valence-corrected chi connectivity index (χ1v) is 32.7. The van der Waals surface area contributed by atoms with E-state index in [1.165, 1.54) is 167 Å². The summed E-state index contributed by atoms with van der Waals surface area (Å²) in [6.45, 7) is 2.87. The molecule has 9 N–H and O–H groups in total. The molecule has 0 aromatic heterocycles. The van der Waals surface area contributed by atoms with E-state index in [-0.39, 0.29) is 12.5 Å². The molecule has 14 nitrogen and oxygen atoms in total. The van der Waals surface area contributed by atoms with Crippen molar-refractivity contribution in [1.82, 2.24) is 5.32 Å². The predicted molar refractivity (Wildman–Crippen MR) is 318 cm³/mol. The van der Waals surface area contributed by atoms with Crippen LogP contribution in [-0.4, -0.2) is 140 Å². The van der Waals surface area contributed by atoms with Crippen molar-refractivity contribution in [2.75, 3.05) is 19.8 Å². The molecule has 0 aliphatic carbocycles. The van der Waals surface area contributed by atoms with E-state index in [2.05, 4.69) is 55.6 Å². The lowest BCUT2D eigenvalue weighted by Gasteiger charge is -2.46. The first-order chi connectivity index (χ1) is 38.6. The second kappa shape index (κ2) is 50.7. The SMILES string of the molecule is CCCCCCC/C=C\C/C=C\C/C=C\CCCCCCCCC(=O)NC(COC1OC(CO)C(OC2OC(CO)C(O)C(O)C2O)C(O)C1O)C(O)CCCCCCCCCCCCCCCCCCCCCCCCCC. The van der Waals surface area contributed by atoms with E-state index in [1.807, 2.05) is 0 Å². The van der Waals surface area contributed by atoms with Crippen molar-refractivity contribution in [3.8, 4) is 0 Å². The Morgan fingerprint density at radius 1 is 0.456 bits per heavy atom. The van der Waals surface area contributed by atoms with Gasteiger partial charge in [-0.3, -0.25) is 4.79 Å². The van der Waals surface area contributed by atoms with Gasteiger partial charge in [0, 0.05) is 6.42 Å². The largest absolute Gasteiger partial charge is 0.394 e. The van der Waals surface area contributed by atoms with Crippen molar-refractivity contribution >= 4 is 5.91 Å². The summed E-state index contributed by atoms with van der Waals surface area (Å²) in [6, 6.07) is -0.837. The van der Waals surface area contributed by atoms with Crippen LogP contribution in [0.15, 0.2) is 36.5 Å². The minimum atomic E-state index is -1.78. The van der Waals surface area contributed by atoms with E-state index in [9.17, 15) is 45.6 Å². The first-order valence-electron chi connectivity index (χ1n) is 32.7. The molecule has 2 saturated heterocycles. The third-order valence-electron chi connectivity index (χ3n) is 16.1. The second-order valence-electron chi connectivity index (χ2n) is 23.2. The third-order valence-corrected chi connectivity index (χ3v) is 16.1. The zero-order chi connectivity index (χ0) is 57.4. The molecule has 79 heavy (non-hydrogen) atoms. The van der Waals surface area contributed by atoms with Gasteiger partial charge < -0.3 is 65.1 Å². The maximum absolute atomic E-state index is 13.3. The number of aliphatic hydroxyl groups is 8. The minimum Gasteiger partial charge on any atom is -0.394 e. The third kappa shape index (κ3) is 35.8. The molecule has 12 unspecified atom stereocenters. The molecule has 2 heterocycles. The summed E-state index contributed by atoms with van der Waals surface area (Å²) < 4.78 is 22.9. The summed E-state index contributed by atoms with van der Waals surface area (Å²) in [5.74, 6) is -0.216. The molecule has 0 saturated carbocycles. The molecule has 2 aliphatic heterocycles. The van der Waals surface area contributed by atoms with Crippen LogP contribution in [0, 0.1) is 0 Å². The molecule has 2 aliphatic rings. The molecule has 0 bridgehead atoms. The van der Waals surface area contributed by atoms with Gasteiger partial charge in [-0.05, 0) is 51.4 Å². The molecule has 2 rings (SSSR count). The van der Waals surface area contributed by atoms with Crippen LogP contribution in [0.5, 0.6) is 0 Å². The Kier molecular flexibility index (Phi) is 47.0. The fraction of sp³-hybridized carbons (Fsp3) is 0.892. The van der Waals surface area contributed by atoms with Crippen molar-refractivity contribution in [2.45, 2.75) is 351 Å². The van der Waals surface area contributed by atoms with E-state index >= 15 is 0 Å². The number of hydrogen-bond acceptors (Lipinski definition) is 13. The number of allylic oxidation sites excluding steroid dienone is 6. The van der Waals surface area contributed by atoms with Gasteiger partial charge in [0.25, 0.3) is 0 Å². The van der Waals surface area contributed by atoms with E-state index < -0.39 is 86.8 Å². The molecule has 0 spiro atoms. The van der Waals surface area contributed by atoms with Crippen LogP contribution in [0.3, 0.4) is 0 Å². The van der Waals surface area contributed by atoms with Gasteiger partial charge in [0.2, 0.25) is 5.91 Å². The molecule has 14 heteroatoms. The Morgan fingerprint density at radius 3 is 1.28 bits per heavy atom.